The summed E-state index contributed by atoms with van der Waals surface area (Å²) in [5, 5.41) is 3.77. The van der Waals surface area contributed by atoms with Crippen LogP contribution in [0.15, 0.2) is 4.99 Å². The highest BCUT2D eigenvalue weighted by Gasteiger charge is 2.58. The molecular formula is C18H34IN3O2. The molecular weight excluding hydrogens is 417 g/mol. The van der Waals surface area contributed by atoms with Gasteiger partial charge in [0.05, 0.1) is 12.7 Å². The van der Waals surface area contributed by atoms with Crippen molar-refractivity contribution in [2.75, 3.05) is 40.0 Å². The molecule has 1 N–H and O–H groups in total. The first-order valence-corrected chi connectivity index (χ1v) is 9.25. The van der Waals surface area contributed by atoms with Crippen molar-refractivity contribution in [2.24, 2.45) is 22.2 Å². The second-order valence-corrected chi connectivity index (χ2v) is 7.85. The van der Waals surface area contributed by atoms with Crippen molar-refractivity contribution in [3.05, 3.63) is 0 Å². The third-order valence-electron chi connectivity index (χ3n) is 5.97. The van der Waals surface area contributed by atoms with Crippen LogP contribution < -0.4 is 5.32 Å². The fraction of sp³-hybridized carbons (Fsp3) is 0.944. The number of halogens is 1. The van der Waals surface area contributed by atoms with Crippen LogP contribution in [-0.4, -0.2) is 63.0 Å². The van der Waals surface area contributed by atoms with Gasteiger partial charge in [0, 0.05) is 56.6 Å². The van der Waals surface area contributed by atoms with Gasteiger partial charge in [0.2, 0.25) is 0 Å². The summed E-state index contributed by atoms with van der Waals surface area (Å²) in [7, 11) is 1.90. The first kappa shape index (κ1) is 20.2. The van der Waals surface area contributed by atoms with Crippen LogP contribution in [0.2, 0.25) is 0 Å². The summed E-state index contributed by atoms with van der Waals surface area (Å²) in [5.41, 5.74) is 0.186. The van der Waals surface area contributed by atoms with Gasteiger partial charge in [-0.3, -0.25) is 4.99 Å². The van der Waals surface area contributed by atoms with Crippen LogP contribution in [-0.2, 0) is 9.47 Å². The number of hydrogen-bond donors (Lipinski definition) is 1. The Bertz CT molecular complexity index is 444. The Kier molecular flexibility index (Phi) is 7.20. The maximum absolute atomic E-state index is 6.01. The largest absolute Gasteiger partial charge is 0.381 e. The van der Waals surface area contributed by atoms with E-state index >= 15 is 0 Å². The first-order chi connectivity index (χ1) is 11.1. The number of hydrogen-bond acceptors (Lipinski definition) is 3. The molecule has 0 bridgehead atoms. The number of rotatable bonds is 4. The zero-order valence-corrected chi connectivity index (χ0v) is 17.9. The number of ether oxygens (including phenoxy) is 2. The van der Waals surface area contributed by atoms with Gasteiger partial charge in [-0.15, -0.1) is 24.0 Å². The van der Waals surface area contributed by atoms with Gasteiger partial charge in [-0.2, -0.15) is 0 Å². The average molecular weight is 451 g/mol. The van der Waals surface area contributed by atoms with Gasteiger partial charge in [0.1, 0.15) is 0 Å². The van der Waals surface area contributed by atoms with Crippen molar-refractivity contribution in [2.45, 2.75) is 52.2 Å². The molecule has 140 valence electrons. The minimum atomic E-state index is 0. The highest BCUT2D eigenvalue weighted by atomic mass is 127. The molecule has 0 spiro atoms. The van der Waals surface area contributed by atoms with Crippen molar-refractivity contribution >= 4 is 29.9 Å². The Morgan fingerprint density at radius 2 is 2.17 bits per heavy atom. The minimum Gasteiger partial charge on any atom is -0.381 e. The molecule has 3 rings (SSSR count). The Labute approximate surface area is 164 Å². The first-order valence-electron chi connectivity index (χ1n) is 9.25. The molecule has 2 heterocycles. The molecule has 3 aliphatic rings. The molecule has 6 heteroatoms. The Hall–Kier alpha value is -0.0800. The lowest BCUT2D eigenvalue weighted by atomic mass is 9.55. The van der Waals surface area contributed by atoms with E-state index < -0.39 is 0 Å². The normalized spacial score (nSPS) is 35.0. The van der Waals surface area contributed by atoms with Crippen LogP contribution in [0.4, 0.5) is 0 Å². The summed E-state index contributed by atoms with van der Waals surface area (Å²) in [6.07, 6.45) is 4.07. The zero-order valence-electron chi connectivity index (χ0n) is 15.6. The van der Waals surface area contributed by atoms with E-state index in [2.05, 4.69) is 36.0 Å². The second kappa shape index (κ2) is 8.54. The van der Waals surface area contributed by atoms with Crippen LogP contribution >= 0.6 is 24.0 Å². The quantitative estimate of drug-likeness (QED) is 0.406. The van der Waals surface area contributed by atoms with Crippen molar-refractivity contribution < 1.29 is 9.47 Å². The second-order valence-electron chi connectivity index (χ2n) is 7.85. The lowest BCUT2D eigenvalue weighted by Crippen LogP contribution is -2.71. The van der Waals surface area contributed by atoms with E-state index in [1.807, 2.05) is 7.05 Å². The van der Waals surface area contributed by atoms with Crippen molar-refractivity contribution in [1.82, 2.24) is 10.2 Å². The molecule has 0 aromatic carbocycles. The molecule has 0 amide bonds. The van der Waals surface area contributed by atoms with Gasteiger partial charge >= 0.3 is 0 Å². The number of guanidine groups is 1. The van der Waals surface area contributed by atoms with Crippen molar-refractivity contribution in [3.63, 3.8) is 0 Å². The Morgan fingerprint density at radius 1 is 1.38 bits per heavy atom. The fourth-order valence-corrected chi connectivity index (χ4v) is 4.70. The summed E-state index contributed by atoms with van der Waals surface area (Å²) < 4.78 is 11.6. The van der Waals surface area contributed by atoms with Gasteiger partial charge in [-0.25, -0.2) is 0 Å². The predicted molar refractivity (Wildman–Crippen MR) is 108 cm³/mol. The molecule has 4 unspecified atom stereocenters. The lowest BCUT2D eigenvalue weighted by Gasteiger charge is -2.60. The number of likely N-dealkylation sites (tertiary alicyclic amines) is 1. The summed E-state index contributed by atoms with van der Waals surface area (Å²) in [5.74, 6) is 2.33. The molecule has 24 heavy (non-hydrogen) atoms. The van der Waals surface area contributed by atoms with E-state index in [1.165, 1.54) is 19.3 Å². The van der Waals surface area contributed by atoms with E-state index in [9.17, 15) is 0 Å². The van der Waals surface area contributed by atoms with Gasteiger partial charge in [-0.05, 0) is 26.2 Å². The van der Waals surface area contributed by atoms with Gasteiger partial charge in [-0.1, -0.05) is 13.8 Å². The highest BCUT2D eigenvalue weighted by molar-refractivity contribution is 14.0. The zero-order chi connectivity index (χ0) is 16.4. The third kappa shape index (κ3) is 3.85. The Balaban J connectivity index is 0.00000208. The maximum atomic E-state index is 6.01. The number of nitrogens with one attached hydrogen (secondary N) is 1. The molecule has 2 saturated heterocycles. The molecule has 2 aliphatic heterocycles. The van der Waals surface area contributed by atoms with Crippen molar-refractivity contribution in [1.29, 1.82) is 0 Å². The van der Waals surface area contributed by atoms with E-state index in [4.69, 9.17) is 9.47 Å². The number of fused-ring (bicyclic) bond motifs is 1. The number of nitrogens with zero attached hydrogens (tertiary/aromatic N) is 2. The number of aliphatic imine (C=N–C) groups is 1. The molecule has 3 fully saturated rings. The monoisotopic (exact) mass is 451 g/mol. The van der Waals surface area contributed by atoms with Crippen LogP contribution in [0.3, 0.4) is 0 Å². The SMILES string of the molecule is CCOCC1CCN(C(=NC)NC2C3CCCOC3C2(C)C)C1.I. The van der Waals surface area contributed by atoms with E-state index in [0.717, 1.165) is 38.9 Å². The molecule has 0 aromatic rings. The lowest BCUT2D eigenvalue weighted by molar-refractivity contribution is -0.188. The maximum Gasteiger partial charge on any atom is 0.193 e. The average Bonchev–Trinajstić information content (AvgIpc) is 3.02. The van der Waals surface area contributed by atoms with Crippen LogP contribution in [0.25, 0.3) is 0 Å². The molecule has 0 aromatic heterocycles. The summed E-state index contributed by atoms with van der Waals surface area (Å²) >= 11 is 0. The Morgan fingerprint density at radius 3 is 2.88 bits per heavy atom. The fourth-order valence-electron chi connectivity index (χ4n) is 4.70. The van der Waals surface area contributed by atoms with Crippen LogP contribution in [0, 0.1) is 17.3 Å². The topological polar surface area (TPSA) is 46.1 Å². The van der Waals surface area contributed by atoms with E-state index in [0.29, 0.717) is 24.0 Å². The molecule has 1 saturated carbocycles. The standard InChI is InChI=1S/C18H33N3O2.HI/c1-5-22-12-13-8-9-21(11-13)17(19-4)20-15-14-7-6-10-23-16(14)18(15,2)3;/h13-16H,5-12H2,1-4H3,(H,19,20);1H. The van der Waals surface area contributed by atoms with Gasteiger partial charge in [0.25, 0.3) is 0 Å². The molecule has 0 radical (unpaired) electrons. The summed E-state index contributed by atoms with van der Waals surface area (Å²) in [6.45, 7) is 11.5. The van der Waals surface area contributed by atoms with Crippen LogP contribution in [0.5, 0.6) is 0 Å². The minimum absolute atomic E-state index is 0. The third-order valence-corrected chi connectivity index (χ3v) is 5.97. The molecule has 5 nitrogen and oxygen atoms in total. The predicted octanol–water partition coefficient (Wildman–Crippen LogP) is 2.74. The van der Waals surface area contributed by atoms with Gasteiger partial charge in [0.15, 0.2) is 5.96 Å². The van der Waals surface area contributed by atoms with E-state index in [-0.39, 0.29) is 29.4 Å². The van der Waals surface area contributed by atoms with Crippen molar-refractivity contribution in [3.8, 4) is 0 Å². The van der Waals surface area contributed by atoms with E-state index in [1.54, 1.807) is 0 Å². The summed E-state index contributed by atoms with van der Waals surface area (Å²) in [4.78, 5) is 6.96. The highest BCUT2D eigenvalue weighted by Crippen LogP contribution is 2.51. The van der Waals surface area contributed by atoms with Gasteiger partial charge < -0.3 is 19.7 Å². The van der Waals surface area contributed by atoms with Crippen LogP contribution in [0.1, 0.15) is 40.0 Å². The molecule has 1 aliphatic carbocycles. The summed E-state index contributed by atoms with van der Waals surface area (Å²) in [6, 6.07) is 0.470. The smallest absolute Gasteiger partial charge is 0.193 e. The molecule has 4 atom stereocenters.